The van der Waals surface area contributed by atoms with Gasteiger partial charge in [0.1, 0.15) is 0 Å². The third-order valence-corrected chi connectivity index (χ3v) is 2.31. The Morgan fingerprint density at radius 2 is 2.29 bits per heavy atom. The predicted molar refractivity (Wildman–Crippen MR) is 57.7 cm³/mol. The Hall–Kier alpha value is -1.09. The van der Waals surface area contributed by atoms with Gasteiger partial charge in [-0.3, -0.25) is 4.79 Å². The third-order valence-electron chi connectivity index (χ3n) is 2.31. The molecule has 1 saturated heterocycles. The van der Waals surface area contributed by atoms with Gasteiger partial charge >= 0.3 is 0 Å². The second-order valence-electron chi connectivity index (χ2n) is 3.57. The van der Waals surface area contributed by atoms with Gasteiger partial charge in [-0.2, -0.15) is 0 Å². The Morgan fingerprint density at radius 3 is 2.93 bits per heavy atom. The average molecular weight is 194 g/mol. The van der Waals surface area contributed by atoms with Crippen LogP contribution in [0.2, 0.25) is 0 Å². The molecule has 0 unspecified atom stereocenters. The highest BCUT2D eigenvalue weighted by Crippen LogP contribution is 2.08. The number of piperidine rings is 1. The highest BCUT2D eigenvalue weighted by Gasteiger charge is 2.18. The fourth-order valence-corrected chi connectivity index (χ4v) is 1.56. The van der Waals surface area contributed by atoms with Crippen molar-refractivity contribution < 1.29 is 4.79 Å². The first-order valence-corrected chi connectivity index (χ1v) is 5.08. The van der Waals surface area contributed by atoms with Crippen LogP contribution in [0, 0.1) is 0 Å². The van der Waals surface area contributed by atoms with Crippen molar-refractivity contribution in [1.29, 1.82) is 0 Å². The molecule has 3 nitrogen and oxygen atoms in total. The molecule has 0 aliphatic carbocycles. The molecule has 78 valence electrons. The zero-order valence-electron chi connectivity index (χ0n) is 8.65. The van der Waals surface area contributed by atoms with Crippen LogP contribution in [-0.4, -0.2) is 29.9 Å². The van der Waals surface area contributed by atoms with Crippen LogP contribution in [0.1, 0.15) is 19.8 Å². The zero-order chi connectivity index (χ0) is 10.4. The minimum Gasteiger partial charge on any atom is -0.338 e. The maximum Gasteiger partial charge on any atom is 0.246 e. The summed E-state index contributed by atoms with van der Waals surface area (Å²) < 4.78 is 0. The van der Waals surface area contributed by atoms with E-state index in [2.05, 4.69) is 0 Å². The molecule has 0 bridgehead atoms. The summed E-state index contributed by atoms with van der Waals surface area (Å²) in [7, 11) is 0. The molecule has 0 saturated carbocycles. The Balaban J connectivity index is 2.43. The molecule has 14 heavy (non-hydrogen) atoms. The van der Waals surface area contributed by atoms with Crippen molar-refractivity contribution in [2.75, 3.05) is 13.1 Å². The molecule has 1 fully saturated rings. The minimum absolute atomic E-state index is 0.0678. The van der Waals surface area contributed by atoms with Crippen LogP contribution in [0.15, 0.2) is 24.3 Å². The standard InChI is InChI=1S/C11H18N2O/c1-2-3-4-7-11(14)13-8-5-6-10(12)9-13/h2-4,7,10H,5-6,8-9,12H2,1H3/b3-2+,7-4+/t10-/m1/s1. The second kappa shape index (κ2) is 5.60. The van der Waals surface area contributed by atoms with Gasteiger partial charge < -0.3 is 10.6 Å². The normalized spacial score (nSPS) is 23.6. The van der Waals surface area contributed by atoms with Crippen molar-refractivity contribution in [3.8, 4) is 0 Å². The molecule has 0 spiro atoms. The second-order valence-corrected chi connectivity index (χ2v) is 3.57. The molecule has 1 rings (SSSR count). The van der Waals surface area contributed by atoms with E-state index in [0.29, 0.717) is 6.54 Å². The van der Waals surface area contributed by atoms with Crippen LogP contribution >= 0.6 is 0 Å². The number of carbonyl (C=O) groups excluding carboxylic acids is 1. The molecule has 1 aliphatic heterocycles. The molecular formula is C11H18N2O. The molecule has 0 aromatic carbocycles. The van der Waals surface area contributed by atoms with E-state index >= 15 is 0 Å². The average Bonchev–Trinajstić information content (AvgIpc) is 2.18. The number of nitrogens with two attached hydrogens (primary N) is 1. The quantitative estimate of drug-likeness (QED) is 0.528. The van der Waals surface area contributed by atoms with Gasteiger partial charge in [-0.05, 0) is 19.8 Å². The van der Waals surface area contributed by atoms with Gasteiger partial charge in [-0.1, -0.05) is 18.2 Å². The number of likely N-dealkylation sites (tertiary alicyclic amines) is 1. The van der Waals surface area contributed by atoms with E-state index in [4.69, 9.17) is 5.73 Å². The van der Waals surface area contributed by atoms with Gasteiger partial charge in [-0.25, -0.2) is 0 Å². The van der Waals surface area contributed by atoms with Crippen molar-refractivity contribution >= 4 is 5.91 Å². The molecule has 3 heteroatoms. The van der Waals surface area contributed by atoms with Crippen molar-refractivity contribution in [2.45, 2.75) is 25.8 Å². The van der Waals surface area contributed by atoms with Crippen LogP contribution in [0.5, 0.6) is 0 Å². The van der Waals surface area contributed by atoms with Gasteiger partial charge in [0.15, 0.2) is 0 Å². The highest BCUT2D eigenvalue weighted by atomic mass is 16.2. The van der Waals surface area contributed by atoms with Gasteiger partial charge in [-0.15, -0.1) is 0 Å². The summed E-state index contributed by atoms with van der Waals surface area (Å²) in [6, 6.07) is 0.155. The Morgan fingerprint density at radius 1 is 1.50 bits per heavy atom. The first-order valence-electron chi connectivity index (χ1n) is 5.08. The Kier molecular flexibility index (Phi) is 4.40. The van der Waals surface area contributed by atoms with E-state index in [9.17, 15) is 4.79 Å². The summed E-state index contributed by atoms with van der Waals surface area (Å²) in [5.41, 5.74) is 5.79. The summed E-state index contributed by atoms with van der Waals surface area (Å²) in [6.07, 6.45) is 9.15. The summed E-state index contributed by atoms with van der Waals surface area (Å²) >= 11 is 0. The van der Waals surface area contributed by atoms with Crippen LogP contribution in [0.3, 0.4) is 0 Å². The van der Waals surface area contributed by atoms with Crippen molar-refractivity contribution in [3.63, 3.8) is 0 Å². The highest BCUT2D eigenvalue weighted by molar-refractivity contribution is 5.87. The topological polar surface area (TPSA) is 46.3 Å². The van der Waals surface area contributed by atoms with Crippen LogP contribution < -0.4 is 5.73 Å². The SMILES string of the molecule is C/C=C/C=C/C(=O)N1CCC[C@@H](N)C1. The van der Waals surface area contributed by atoms with Gasteiger partial charge in [0.25, 0.3) is 0 Å². The number of hydrogen-bond donors (Lipinski definition) is 1. The molecule has 1 heterocycles. The number of allylic oxidation sites excluding steroid dienone is 3. The largest absolute Gasteiger partial charge is 0.338 e. The first kappa shape index (κ1) is 11.0. The molecule has 0 aromatic rings. The lowest BCUT2D eigenvalue weighted by atomic mass is 10.1. The third kappa shape index (κ3) is 3.34. The van der Waals surface area contributed by atoms with Gasteiger partial charge in [0.05, 0.1) is 0 Å². The molecule has 0 radical (unpaired) electrons. The van der Waals surface area contributed by atoms with Crippen molar-refractivity contribution in [3.05, 3.63) is 24.3 Å². The number of rotatable bonds is 2. The molecule has 1 amide bonds. The monoisotopic (exact) mass is 194 g/mol. The van der Waals surface area contributed by atoms with Crippen molar-refractivity contribution in [2.24, 2.45) is 5.73 Å². The Labute approximate surface area is 85.3 Å². The number of carbonyl (C=O) groups is 1. The maximum absolute atomic E-state index is 11.6. The lowest BCUT2D eigenvalue weighted by Crippen LogP contribution is -2.45. The van der Waals surface area contributed by atoms with E-state index in [1.54, 1.807) is 12.2 Å². The number of nitrogens with zero attached hydrogens (tertiary/aromatic N) is 1. The molecule has 1 atom stereocenters. The van der Waals surface area contributed by atoms with E-state index in [-0.39, 0.29) is 11.9 Å². The lowest BCUT2D eigenvalue weighted by Gasteiger charge is -2.29. The zero-order valence-corrected chi connectivity index (χ0v) is 8.65. The smallest absolute Gasteiger partial charge is 0.246 e. The van der Waals surface area contributed by atoms with E-state index in [1.807, 2.05) is 24.0 Å². The van der Waals surface area contributed by atoms with Gasteiger partial charge in [0, 0.05) is 25.2 Å². The molecule has 0 aromatic heterocycles. The van der Waals surface area contributed by atoms with Gasteiger partial charge in [0.2, 0.25) is 5.91 Å². The van der Waals surface area contributed by atoms with E-state index in [1.165, 1.54) is 0 Å². The minimum atomic E-state index is 0.0678. The van der Waals surface area contributed by atoms with Crippen LogP contribution in [0.4, 0.5) is 0 Å². The lowest BCUT2D eigenvalue weighted by molar-refractivity contribution is -0.127. The summed E-state index contributed by atoms with van der Waals surface area (Å²) in [6.45, 7) is 3.46. The fourth-order valence-electron chi connectivity index (χ4n) is 1.56. The van der Waals surface area contributed by atoms with Crippen LogP contribution in [0.25, 0.3) is 0 Å². The van der Waals surface area contributed by atoms with Crippen LogP contribution in [-0.2, 0) is 4.79 Å². The number of hydrogen-bond acceptors (Lipinski definition) is 2. The summed E-state index contributed by atoms with van der Waals surface area (Å²) in [4.78, 5) is 13.4. The maximum atomic E-state index is 11.6. The predicted octanol–water partition coefficient (Wildman–Crippen LogP) is 1.07. The van der Waals surface area contributed by atoms with E-state index < -0.39 is 0 Å². The molecule has 1 aliphatic rings. The Bertz CT molecular complexity index is 246. The first-order chi connectivity index (χ1) is 6.74. The number of amides is 1. The fraction of sp³-hybridized carbons (Fsp3) is 0.545. The molecule has 2 N–H and O–H groups in total. The molecular weight excluding hydrogens is 176 g/mol. The summed E-state index contributed by atoms with van der Waals surface area (Å²) in [5.74, 6) is 0.0678. The van der Waals surface area contributed by atoms with Crippen molar-refractivity contribution in [1.82, 2.24) is 4.90 Å². The summed E-state index contributed by atoms with van der Waals surface area (Å²) in [5, 5.41) is 0. The van der Waals surface area contributed by atoms with E-state index in [0.717, 1.165) is 19.4 Å².